The second kappa shape index (κ2) is 73.9. The third-order valence-corrected chi connectivity index (χ3v) is 20.9. The number of carbonyl (C=O) groups is 4. The Hall–Kier alpha value is -1.94. The van der Waals surface area contributed by atoms with Gasteiger partial charge in [0, 0.05) is 25.7 Å². The monoisotopic (exact) mass is 1470 g/mol. The third kappa shape index (κ3) is 74.3. The number of phosphoric acid groups is 2. The third-order valence-electron chi connectivity index (χ3n) is 19.0. The van der Waals surface area contributed by atoms with E-state index in [1.165, 1.54) is 257 Å². The van der Waals surface area contributed by atoms with Crippen molar-refractivity contribution in [1.82, 2.24) is 0 Å². The molecule has 0 aliphatic rings. The van der Waals surface area contributed by atoms with Gasteiger partial charge in [-0.05, 0) is 31.6 Å². The second-order valence-corrected chi connectivity index (χ2v) is 32.5. The van der Waals surface area contributed by atoms with Crippen molar-refractivity contribution < 1.29 is 80.2 Å². The van der Waals surface area contributed by atoms with E-state index in [9.17, 15) is 43.2 Å². The molecule has 0 rings (SSSR count). The molecule has 0 bridgehead atoms. The van der Waals surface area contributed by atoms with Crippen LogP contribution in [0.15, 0.2) is 0 Å². The van der Waals surface area contributed by atoms with E-state index in [-0.39, 0.29) is 25.7 Å². The van der Waals surface area contributed by atoms with Gasteiger partial charge in [-0.15, -0.1) is 0 Å². The zero-order valence-electron chi connectivity index (χ0n) is 65.3. The lowest BCUT2D eigenvalue weighted by Crippen LogP contribution is -2.30. The zero-order chi connectivity index (χ0) is 73.4. The number of hydrogen-bond donors (Lipinski definition) is 3. The molecule has 0 aliphatic heterocycles. The summed E-state index contributed by atoms with van der Waals surface area (Å²) in [5.74, 6) is -1.30. The van der Waals surface area contributed by atoms with Crippen LogP contribution in [0.3, 0.4) is 0 Å². The molecule has 100 heavy (non-hydrogen) atoms. The Balaban J connectivity index is 5.21. The Kier molecular flexibility index (Phi) is 72.5. The number of phosphoric ester groups is 2. The summed E-state index contributed by atoms with van der Waals surface area (Å²) >= 11 is 0. The van der Waals surface area contributed by atoms with Crippen LogP contribution in [-0.4, -0.2) is 96.7 Å². The van der Waals surface area contributed by atoms with Crippen molar-refractivity contribution in [3.63, 3.8) is 0 Å². The molecule has 19 heteroatoms. The van der Waals surface area contributed by atoms with Crippen LogP contribution < -0.4 is 0 Å². The highest BCUT2D eigenvalue weighted by Crippen LogP contribution is 2.45. The minimum atomic E-state index is -4.96. The Bertz CT molecular complexity index is 1910. The van der Waals surface area contributed by atoms with E-state index in [1.54, 1.807) is 0 Å². The molecule has 0 aliphatic carbocycles. The van der Waals surface area contributed by atoms with Crippen LogP contribution in [0, 0.1) is 5.92 Å². The molecule has 0 aromatic heterocycles. The number of aliphatic hydroxyl groups excluding tert-OH is 1. The van der Waals surface area contributed by atoms with E-state index in [2.05, 4.69) is 34.6 Å². The number of ether oxygens (including phenoxy) is 4. The number of rotatable bonds is 81. The molecule has 0 saturated heterocycles. The maximum Gasteiger partial charge on any atom is 0.472 e. The molecule has 0 spiro atoms. The fourth-order valence-corrected chi connectivity index (χ4v) is 14.2. The van der Waals surface area contributed by atoms with Gasteiger partial charge in [-0.3, -0.25) is 37.3 Å². The first-order valence-corrected chi connectivity index (χ1v) is 45.1. The number of aliphatic hydroxyl groups is 1. The van der Waals surface area contributed by atoms with Crippen LogP contribution in [0.2, 0.25) is 0 Å². The van der Waals surface area contributed by atoms with Gasteiger partial charge in [0.05, 0.1) is 26.4 Å². The molecule has 5 atom stereocenters. The first-order chi connectivity index (χ1) is 48.5. The molecular weight excluding hydrogens is 1310 g/mol. The maximum absolute atomic E-state index is 13.1. The smallest absolute Gasteiger partial charge is 0.462 e. The first-order valence-electron chi connectivity index (χ1n) is 42.1. The topological polar surface area (TPSA) is 237 Å². The van der Waals surface area contributed by atoms with Gasteiger partial charge in [0.1, 0.15) is 19.3 Å². The molecule has 2 unspecified atom stereocenters. The van der Waals surface area contributed by atoms with Gasteiger partial charge in [-0.25, -0.2) is 9.13 Å². The zero-order valence-corrected chi connectivity index (χ0v) is 67.1. The summed E-state index contributed by atoms with van der Waals surface area (Å²) in [4.78, 5) is 73.0. The molecule has 0 aromatic carbocycles. The average molecular weight is 1470 g/mol. The first kappa shape index (κ1) is 98.1. The normalized spacial score (nSPS) is 13.8. The summed E-state index contributed by atoms with van der Waals surface area (Å²) in [6.07, 6.45) is 65.2. The standard InChI is InChI=1S/C81H158O17P2/c1-6-9-12-15-18-21-23-25-26-27-28-29-30-33-38-42-47-52-57-62-67-81(86)98-77(71-92-79(84)65-60-55-50-45-40-37-34-31-32-36-39-44-48-53-58-63-74(4)5)73-96-100(89,90)94-69-75(82)68-93-99(87,88)95-72-76(70-91-78(83)64-59-54-49-43-20-17-14-11-8-3)97-80(85)66-61-56-51-46-41-35-24-22-19-16-13-10-7-2/h74-77,82H,6-73H2,1-5H3,(H,87,88)(H,89,90)/t75-,76+,77+/m0/s1. The molecule has 17 nitrogen and oxygen atoms in total. The molecule has 0 amide bonds. The van der Waals surface area contributed by atoms with Crippen molar-refractivity contribution in [3.8, 4) is 0 Å². The van der Waals surface area contributed by atoms with E-state index in [1.807, 2.05) is 0 Å². The van der Waals surface area contributed by atoms with Crippen LogP contribution in [-0.2, 0) is 65.4 Å². The molecule has 0 radical (unpaired) electrons. The molecule has 0 aromatic rings. The molecular formula is C81H158O17P2. The SMILES string of the molecule is CCCCCCCCCCCCCCCCCCCCCCC(=O)O[C@H](COC(=O)CCCCCCCCCCCCCCCCCC(C)C)COP(=O)(O)OC[C@@H](O)COP(=O)(O)OC[C@@H](COC(=O)CCCCCCCCCCC)OC(=O)CCCCCCCCCCCCCCC. The van der Waals surface area contributed by atoms with Gasteiger partial charge in [0.25, 0.3) is 0 Å². The van der Waals surface area contributed by atoms with Gasteiger partial charge in [0.15, 0.2) is 12.2 Å². The highest BCUT2D eigenvalue weighted by molar-refractivity contribution is 7.47. The van der Waals surface area contributed by atoms with E-state index in [0.717, 1.165) is 95.8 Å². The predicted octanol–water partition coefficient (Wildman–Crippen LogP) is 24.4. The van der Waals surface area contributed by atoms with E-state index >= 15 is 0 Å². The molecule has 3 N–H and O–H groups in total. The van der Waals surface area contributed by atoms with Gasteiger partial charge >= 0.3 is 39.5 Å². The maximum atomic E-state index is 13.1. The van der Waals surface area contributed by atoms with E-state index in [0.29, 0.717) is 25.7 Å². The average Bonchev–Trinajstić information content (AvgIpc) is 0.975. The highest BCUT2D eigenvalue weighted by Gasteiger charge is 2.30. The largest absolute Gasteiger partial charge is 0.472 e. The number of hydrogen-bond acceptors (Lipinski definition) is 15. The van der Waals surface area contributed by atoms with Crippen molar-refractivity contribution in [2.24, 2.45) is 5.92 Å². The highest BCUT2D eigenvalue weighted by atomic mass is 31.2. The van der Waals surface area contributed by atoms with Crippen molar-refractivity contribution in [2.75, 3.05) is 39.6 Å². The van der Waals surface area contributed by atoms with Crippen LogP contribution >= 0.6 is 15.6 Å². The molecule has 0 saturated carbocycles. The van der Waals surface area contributed by atoms with Gasteiger partial charge in [-0.2, -0.15) is 0 Å². The summed E-state index contributed by atoms with van der Waals surface area (Å²) in [6, 6.07) is 0. The number of carbonyl (C=O) groups excluding carboxylic acids is 4. The van der Waals surface area contributed by atoms with Crippen molar-refractivity contribution in [2.45, 2.75) is 451 Å². The Labute approximate surface area is 613 Å². The Morgan fingerprint density at radius 1 is 0.270 bits per heavy atom. The summed E-state index contributed by atoms with van der Waals surface area (Å²) in [7, 11) is -9.91. The van der Waals surface area contributed by atoms with E-state index in [4.69, 9.17) is 37.0 Å². The quantitative estimate of drug-likeness (QED) is 0.0222. The number of unbranched alkanes of at least 4 members (excludes halogenated alkanes) is 53. The van der Waals surface area contributed by atoms with Gasteiger partial charge in [0.2, 0.25) is 0 Å². The second-order valence-electron chi connectivity index (χ2n) is 29.6. The lowest BCUT2D eigenvalue weighted by molar-refractivity contribution is -0.161. The van der Waals surface area contributed by atoms with E-state index < -0.39 is 97.5 Å². The van der Waals surface area contributed by atoms with Crippen molar-refractivity contribution >= 4 is 39.5 Å². The van der Waals surface area contributed by atoms with Crippen LogP contribution in [0.4, 0.5) is 0 Å². The van der Waals surface area contributed by atoms with Crippen LogP contribution in [0.1, 0.15) is 433 Å². The Morgan fingerprint density at radius 2 is 0.460 bits per heavy atom. The van der Waals surface area contributed by atoms with Gasteiger partial charge < -0.3 is 33.8 Å². The van der Waals surface area contributed by atoms with Crippen molar-refractivity contribution in [3.05, 3.63) is 0 Å². The molecule has 594 valence electrons. The summed E-state index contributed by atoms with van der Waals surface area (Å²) < 4.78 is 68.7. The predicted molar refractivity (Wildman–Crippen MR) is 409 cm³/mol. The lowest BCUT2D eigenvalue weighted by atomic mass is 10.0. The molecule has 0 fully saturated rings. The fourth-order valence-electron chi connectivity index (χ4n) is 12.6. The Morgan fingerprint density at radius 3 is 0.680 bits per heavy atom. The fraction of sp³-hybridized carbons (Fsp3) is 0.951. The minimum Gasteiger partial charge on any atom is -0.462 e. The summed E-state index contributed by atoms with van der Waals surface area (Å²) in [5.41, 5.74) is 0. The van der Waals surface area contributed by atoms with Gasteiger partial charge in [-0.1, -0.05) is 381 Å². The van der Waals surface area contributed by atoms with Crippen LogP contribution in [0.5, 0.6) is 0 Å². The lowest BCUT2D eigenvalue weighted by Gasteiger charge is -2.21. The summed E-state index contributed by atoms with van der Waals surface area (Å²) in [6.45, 7) is 7.34. The van der Waals surface area contributed by atoms with Crippen molar-refractivity contribution in [1.29, 1.82) is 0 Å². The molecule has 0 heterocycles. The summed E-state index contributed by atoms with van der Waals surface area (Å²) in [5, 5.41) is 10.6. The minimum absolute atomic E-state index is 0.108. The van der Waals surface area contributed by atoms with Crippen LogP contribution in [0.25, 0.3) is 0 Å². The number of esters is 4.